The number of para-hydroxylation sites is 2. The normalized spacial score (nSPS) is 10.6. The topological polar surface area (TPSA) is 150 Å². The highest BCUT2D eigenvalue weighted by atomic mass is 16.6. The van der Waals surface area contributed by atoms with Gasteiger partial charge in [-0.3, -0.25) is 40.1 Å². The molecule has 4 aromatic rings. The highest BCUT2D eigenvalue weighted by Crippen LogP contribution is 2.19. The van der Waals surface area contributed by atoms with Crippen molar-refractivity contribution in [2.24, 2.45) is 0 Å². The summed E-state index contributed by atoms with van der Waals surface area (Å²) in [6.07, 6.45) is 0. The molecular formula is C24H18N4O7. The standard InChI is InChI=1S/C24H18N4O7/c29-21(25-26-24(32)15-9-11-16(12-10-15)28(33)34)14-35-22(30)13-27-19-7-3-1-5-17(19)23(31)18-6-2-4-8-20(18)27/h1-12H,13-14H2,(H,25,29)(H,26,32). The second kappa shape index (κ2) is 9.83. The lowest BCUT2D eigenvalue weighted by molar-refractivity contribution is -0.384. The summed E-state index contributed by atoms with van der Waals surface area (Å²) in [5.41, 5.74) is 5.10. The van der Waals surface area contributed by atoms with Crippen LogP contribution < -0.4 is 16.3 Å². The second-order valence-electron chi connectivity index (χ2n) is 7.42. The Hall–Kier alpha value is -5.06. The monoisotopic (exact) mass is 474 g/mol. The molecule has 0 aliphatic heterocycles. The molecule has 0 fully saturated rings. The number of carbonyl (C=O) groups is 3. The summed E-state index contributed by atoms with van der Waals surface area (Å²) in [5, 5.41) is 11.6. The molecule has 2 N–H and O–H groups in total. The van der Waals surface area contributed by atoms with Gasteiger partial charge in [0.05, 0.1) is 16.0 Å². The molecule has 3 aromatic carbocycles. The van der Waals surface area contributed by atoms with Crippen molar-refractivity contribution in [1.82, 2.24) is 15.4 Å². The van der Waals surface area contributed by atoms with E-state index in [2.05, 4.69) is 10.9 Å². The van der Waals surface area contributed by atoms with E-state index in [1.807, 2.05) is 0 Å². The van der Waals surface area contributed by atoms with Crippen molar-refractivity contribution in [2.75, 3.05) is 6.61 Å². The number of hydrazine groups is 1. The number of amides is 2. The average Bonchev–Trinajstić information content (AvgIpc) is 2.88. The number of nitrogens with zero attached hydrogens (tertiary/aromatic N) is 2. The third-order valence-electron chi connectivity index (χ3n) is 5.19. The van der Waals surface area contributed by atoms with Crippen LogP contribution in [0.3, 0.4) is 0 Å². The summed E-state index contributed by atoms with van der Waals surface area (Å²) < 4.78 is 6.68. The van der Waals surface area contributed by atoms with Gasteiger partial charge >= 0.3 is 5.97 Å². The Balaban J connectivity index is 1.38. The number of fused-ring (bicyclic) bond motifs is 2. The number of ether oxygens (including phenoxy) is 1. The highest BCUT2D eigenvalue weighted by molar-refractivity contribution is 5.96. The molecule has 1 heterocycles. The minimum Gasteiger partial charge on any atom is -0.454 e. The van der Waals surface area contributed by atoms with E-state index in [1.54, 1.807) is 53.1 Å². The van der Waals surface area contributed by atoms with E-state index in [1.165, 1.54) is 12.1 Å². The highest BCUT2D eigenvalue weighted by Gasteiger charge is 2.15. The maximum atomic E-state index is 12.8. The zero-order valence-electron chi connectivity index (χ0n) is 18.1. The van der Waals surface area contributed by atoms with Crippen LogP contribution in [0.1, 0.15) is 10.4 Å². The Morgan fingerprint density at radius 1 is 0.857 bits per heavy atom. The zero-order chi connectivity index (χ0) is 24.9. The molecule has 0 aliphatic carbocycles. The molecule has 4 rings (SSSR count). The van der Waals surface area contributed by atoms with Gasteiger partial charge < -0.3 is 9.30 Å². The lowest BCUT2D eigenvalue weighted by Crippen LogP contribution is -2.43. The lowest BCUT2D eigenvalue weighted by atomic mass is 10.1. The fourth-order valence-corrected chi connectivity index (χ4v) is 3.54. The Labute approximate surface area is 197 Å². The van der Waals surface area contributed by atoms with Gasteiger partial charge in [-0.25, -0.2) is 0 Å². The van der Waals surface area contributed by atoms with E-state index in [0.29, 0.717) is 21.8 Å². The van der Waals surface area contributed by atoms with Gasteiger partial charge in [0.1, 0.15) is 6.54 Å². The lowest BCUT2D eigenvalue weighted by Gasteiger charge is -2.14. The molecule has 11 heteroatoms. The predicted octanol–water partition coefficient (Wildman–Crippen LogP) is 2.07. The number of nitro benzene ring substituents is 1. The Morgan fingerprint density at radius 3 is 2.00 bits per heavy atom. The molecule has 0 saturated carbocycles. The van der Waals surface area contributed by atoms with Crippen LogP contribution >= 0.6 is 0 Å². The van der Waals surface area contributed by atoms with Crippen LogP contribution in [0.4, 0.5) is 5.69 Å². The van der Waals surface area contributed by atoms with Crippen molar-refractivity contribution < 1.29 is 24.0 Å². The van der Waals surface area contributed by atoms with Gasteiger partial charge in [0.2, 0.25) is 0 Å². The summed E-state index contributed by atoms with van der Waals surface area (Å²) >= 11 is 0. The zero-order valence-corrected chi connectivity index (χ0v) is 18.1. The molecule has 0 unspecified atom stereocenters. The van der Waals surface area contributed by atoms with Crippen LogP contribution in [-0.4, -0.2) is 33.9 Å². The Morgan fingerprint density at radius 2 is 1.43 bits per heavy atom. The minimum atomic E-state index is -0.789. The third kappa shape index (κ3) is 4.98. The number of hydrogen-bond acceptors (Lipinski definition) is 7. The predicted molar refractivity (Wildman–Crippen MR) is 125 cm³/mol. The van der Waals surface area contributed by atoms with Crippen LogP contribution in [0.15, 0.2) is 77.6 Å². The summed E-state index contributed by atoms with van der Waals surface area (Å²) in [6, 6.07) is 18.5. The van der Waals surface area contributed by atoms with E-state index in [4.69, 9.17) is 4.74 Å². The number of rotatable bonds is 6. The molecule has 2 amide bonds. The molecule has 0 radical (unpaired) electrons. The van der Waals surface area contributed by atoms with Crippen molar-refractivity contribution in [2.45, 2.75) is 6.54 Å². The molecule has 0 spiro atoms. The number of esters is 1. The molecule has 0 saturated heterocycles. The maximum Gasteiger partial charge on any atom is 0.326 e. The van der Waals surface area contributed by atoms with Crippen molar-refractivity contribution in [1.29, 1.82) is 0 Å². The number of pyridine rings is 1. The van der Waals surface area contributed by atoms with Crippen LogP contribution in [-0.2, 0) is 20.9 Å². The molecule has 0 aliphatic rings. The molecule has 35 heavy (non-hydrogen) atoms. The first kappa shape index (κ1) is 23.1. The third-order valence-corrected chi connectivity index (χ3v) is 5.19. The Bertz CT molecular complexity index is 1470. The number of carbonyl (C=O) groups excluding carboxylic acids is 3. The molecule has 1 aromatic heterocycles. The maximum absolute atomic E-state index is 12.8. The number of hydrogen-bond donors (Lipinski definition) is 2. The van der Waals surface area contributed by atoms with Crippen LogP contribution in [0.2, 0.25) is 0 Å². The number of nitrogens with one attached hydrogen (secondary N) is 2. The number of non-ortho nitro benzene ring substituents is 1. The number of benzene rings is 3. The molecule has 11 nitrogen and oxygen atoms in total. The second-order valence-corrected chi connectivity index (χ2v) is 7.42. The van der Waals surface area contributed by atoms with Gasteiger partial charge in [0, 0.05) is 28.5 Å². The van der Waals surface area contributed by atoms with Crippen molar-refractivity contribution in [3.63, 3.8) is 0 Å². The van der Waals surface area contributed by atoms with E-state index in [9.17, 15) is 29.3 Å². The van der Waals surface area contributed by atoms with Gasteiger partial charge in [-0.2, -0.15) is 0 Å². The largest absolute Gasteiger partial charge is 0.454 e. The van der Waals surface area contributed by atoms with Crippen LogP contribution in [0, 0.1) is 10.1 Å². The van der Waals surface area contributed by atoms with Gasteiger partial charge in [0.25, 0.3) is 17.5 Å². The Kier molecular flexibility index (Phi) is 6.49. The molecule has 0 atom stereocenters. The van der Waals surface area contributed by atoms with E-state index in [-0.39, 0.29) is 23.2 Å². The minimum absolute atomic E-state index is 0.0878. The van der Waals surface area contributed by atoms with Crippen LogP contribution in [0.25, 0.3) is 21.8 Å². The summed E-state index contributed by atoms with van der Waals surface area (Å²) in [7, 11) is 0. The van der Waals surface area contributed by atoms with E-state index >= 15 is 0 Å². The van der Waals surface area contributed by atoms with Gasteiger partial charge in [0.15, 0.2) is 12.0 Å². The first-order valence-corrected chi connectivity index (χ1v) is 10.3. The fraction of sp³-hybridized carbons (Fsp3) is 0.0833. The smallest absolute Gasteiger partial charge is 0.326 e. The first-order chi connectivity index (χ1) is 16.8. The fourth-order valence-electron chi connectivity index (χ4n) is 3.54. The van der Waals surface area contributed by atoms with E-state index in [0.717, 1.165) is 12.1 Å². The van der Waals surface area contributed by atoms with E-state index < -0.39 is 29.3 Å². The van der Waals surface area contributed by atoms with Gasteiger partial charge in [-0.1, -0.05) is 24.3 Å². The van der Waals surface area contributed by atoms with Crippen LogP contribution in [0.5, 0.6) is 0 Å². The quantitative estimate of drug-likeness (QED) is 0.188. The van der Waals surface area contributed by atoms with Crippen molar-refractivity contribution in [3.05, 3.63) is 98.7 Å². The number of nitro groups is 1. The SMILES string of the molecule is O=C(COC(=O)Cn1c2ccccc2c(=O)c2ccccc21)NNC(=O)c1ccc([N+](=O)[O-])cc1. The van der Waals surface area contributed by atoms with Gasteiger partial charge in [-0.15, -0.1) is 0 Å². The average molecular weight is 474 g/mol. The molecule has 176 valence electrons. The van der Waals surface area contributed by atoms with Gasteiger partial charge in [-0.05, 0) is 36.4 Å². The summed E-state index contributed by atoms with van der Waals surface area (Å²) in [4.78, 5) is 59.4. The summed E-state index contributed by atoms with van der Waals surface area (Å²) in [5.74, 6) is -2.21. The first-order valence-electron chi connectivity index (χ1n) is 10.3. The van der Waals surface area contributed by atoms with Crippen molar-refractivity contribution >= 4 is 45.3 Å². The van der Waals surface area contributed by atoms with Crippen molar-refractivity contribution in [3.8, 4) is 0 Å². The summed E-state index contributed by atoms with van der Waals surface area (Å²) in [6.45, 7) is -0.904. The molecule has 0 bridgehead atoms. The number of aromatic nitrogens is 1. The molecular weight excluding hydrogens is 456 g/mol.